The van der Waals surface area contributed by atoms with Crippen molar-refractivity contribution < 1.29 is 15.6 Å². The number of allylic oxidation sites excluding steroid dienone is 2. The molecule has 56 heavy (non-hydrogen) atoms. The molecule has 0 nitrogen and oxygen atoms in total. The number of halogens is 2. The third-order valence-corrected chi connectivity index (χ3v) is 64.7. The van der Waals surface area contributed by atoms with Crippen LogP contribution in [0, 0.1) is 13.8 Å². The molecule has 0 bridgehead atoms. The van der Waals surface area contributed by atoms with E-state index < -0.39 is 21.5 Å². The van der Waals surface area contributed by atoms with Crippen molar-refractivity contribution in [2.24, 2.45) is 0 Å². The predicted octanol–water partition coefficient (Wildman–Crippen LogP) is 16.1. The summed E-state index contributed by atoms with van der Waals surface area (Å²) in [5.74, 6) is -1.75. The first kappa shape index (κ1) is 39.3. The summed E-state index contributed by atoms with van der Waals surface area (Å²) < 4.78 is 0.0850. The molecule has 2 aliphatic carbocycles. The number of benzene rings is 6. The molecule has 0 fully saturated rings. The molecule has 0 saturated heterocycles. The summed E-state index contributed by atoms with van der Waals surface area (Å²) in [7, 11) is 18.0. The molecule has 4 heteroatoms. The average molecular weight is 868 g/mol. The molecule has 283 valence electrons. The Kier molecular flexibility index (Phi) is 11.0. The van der Waals surface area contributed by atoms with Crippen molar-refractivity contribution in [2.45, 2.75) is 73.7 Å². The Morgan fingerprint density at radius 1 is 0.482 bits per heavy atom. The molecule has 0 aromatic heterocycles. The standard InChI is InChI=1S/2C25H23.C2H7Si.2ClH.Zr/c2*1-3-9-19-16-21-14-15-23(20-11-5-4-6-12-20)25(24(21)17-19)22-13-8-7-10-18(22)2;1-3-2;;;/h2*4-8,10-17H,3,9H2,1-2H3;3H,1-2H3;2*1H;/q;;;;;+2/p-2. The zero-order valence-electron chi connectivity index (χ0n) is 33.7. The van der Waals surface area contributed by atoms with Crippen molar-refractivity contribution in [3.63, 3.8) is 0 Å². The molecule has 2 atom stereocenters. The summed E-state index contributed by atoms with van der Waals surface area (Å²) >= 11 is -5.05. The van der Waals surface area contributed by atoms with Gasteiger partial charge in [-0.1, -0.05) is 0 Å². The van der Waals surface area contributed by atoms with Crippen LogP contribution in [-0.4, -0.2) is 5.92 Å². The summed E-state index contributed by atoms with van der Waals surface area (Å²) in [5.41, 5.74) is 21.0. The van der Waals surface area contributed by atoms with Gasteiger partial charge in [0.15, 0.2) is 0 Å². The van der Waals surface area contributed by atoms with Gasteiger partial charge in [-0.25, -0.2) is 0 Å². The Hall–Kier alpha value is -3.52. The normalized spacial score (nSPS) is 16.9. The Morgan fingerprint density at radius 2 is 0.857 bits per heavy atom. The third kappa shape index (κ3) is 6.44. The maximum absolute atomic E-state index is 8.99. The second-order valence-electron chi connectivity index (χ2n) is 16.5. The topological polar surface area (TPSA) is 0 Å². The predicted molar refractivity (Wildman–Crippen MR) is 246 cm³/mol. The fourth-order valence-corrected chi connectivity index (χ4v) is 41.7. The number of hydrogen-bond acceptors (Lipinski definition) is 0. The van der Waals surface area contributed by atoms with Crippen LogP contribution >= 0.6 is 17.0 Å². The Morgan fingerprint density at radius 3 is 1.21 bits per heavy atom. The van der Waals surface area contributed by atoms with E-state index in [0.29, 0.717) is 0 Å². The van der Waals surface area contributed by atoms with Crippen LogP contribution in [0.5, 0.6) is 0 Å². The quantitative estimate of drug-likeness (QED) is 0.114. The van der Waals surface area contributed by atoms with Gasteiger partial charge >= 0.3 is 347 Å². The first-order valence-corrected chi connectivity index (χ1v) is 36.9. The van der Waals surface area contributed by atoms with Crippen molar-refractivity contribution in [3.8, 4) is 44.5 Å². The average Bonchev–Trinajstić information content (AvgIpc) is 3.78. The number of fused-ring (bicyclic) bond motifs is 2. The van der Waals surface area contributed by atoms with Crippen LogP contribution in [0.15, 0.2) is 145 Å². The van der Waals surface area contributed by atoms with E-state index >= 15 is 0 Å². The van der Waals surface area contributed by atoms with Crippen LogP contribution in [0.1, 0.15) is 80.2 Å². The molecule has 6 aromatic carbocycles. The van der Waals surface area contributed by atoms with Gasteiger partial charge in [-0.05, 0) is 0 Å². The Bertz CT molecular complexity index is 2330. The van der Waals surface area contributed by atoms with Crippen molar-refractivity contribution in [1.29, 1.82) is 0 Å². The molecule has 0 spiro atoms. The molecule has 0 amide bonds. The third-order valence-electron chi connectivity index (χ3n) is 12.9. The van der Waals surface area contributed by atoms with Crippen LogP contribution in [0.25, 0.3) is 56.7 Å². The van der Waals surface area contributed by atoms with Gasteiger partial charge in [0.2, 0.25) is 0 Å². The minimum atomic E-state index is -5.05. The van der Waals surface area contributed by atoms with Gasteiger partial charge in [0, 0.05) is 0 Å². The van der Waals surface area contributed by atoms with Crippen molar-refractivity contribution >= 4 is 35.1 Å². The second kappa shape index (κ2) is 15.7. The maximum atomic E-state index is 8.99. The van der Waals surface area contributed by atoms with Gasteiger partial charge in [0.05, 0.1) is 0 Å². The summed E-state index contributed by atoms with van der Waals surface area (Å²) in [6, 6.07) is 49.2. The molecular formula is C52H53Cl2SiZr. The van der Waals surface area contributed by atoms with Crippen molar-refractivity contribution in [2.75, 3.05) is 0 Å². The molecular weight excluding hydrogens is 815 g/mol. The fourth-order valence-electron chi connectivity index (χ4n) is 10.2. The van der Waals surface area contributed by atoms with E-state index in [-0.39, 0.29) is 7.25 Å². The van der Waals surface area contributed by atoms with Crippen molar-refractivity contribution in [3.05, 3.63) is 178 Å². The summed E-state index contributed by atoms with van der Waals surface area (Å²) in [4.78, 5) is 0. The van der Waals surface area contributed by atoms with Gasteiger partial charge in [-0.3, -0.25) is 0 Å². The van der Waals surface area contributed by atoms with E-state index in [2.05, 4.69) is 186 Å². The number of hydrogen-bond donors (Lipinski definition) is 0. The van der Waals surface area contributed by atoms with Crippen LogP contribution in [0.4, 0.5) is 0 Å². The zero-order chi connectivity index (χ0) is 39.2. The molecule has 0 radical (unpaired) electrons. The number of aryl methyl sites for hydroxylation is 2. The first-order chi connectivity index (χ1) is 27.1. The molecule has 2 unspecified atom stereocenters. The van der Waals surface area contributed by atoms with Crippen LogP contribution in [0.2, 0.25) is 13.1 Å². The molecule has 0 N–H and O–H groups in total. The molecule has 2 aliphatic rings. The van der Waals surface area contributed by atoms with Gasteiger partial charge in [0.25, 0.3) is 0 Å². The SMILES string of the molecule is CCCC1=Cc2c(ccc(-c3ccccc3)c2-c2ccccc2C)[CH]1[Zr]([Cl])([Cl])([CH]1C(CCC)=Cc2c1ccc(-c1ccccc1)c2-c1ccccc1C)[SiH](C)C. The molecule has 8 rings (SSSR count). The summed E-state index contributed by atoms with van der Waals surface area (Å²) in [5, 5.41) is 0. The van der Waals surface area contributed by atoms with Crippen LogP contribution in [-0.2, 0) is 15.6 Å². The zero-order valence-corrected chi connectivity index (χ0v) is 38.8. The van der Waals surface area contributed by atoms with Gasteiger partial charge in [-0.15, -0.1) is 0 Å². The van der Waals surface area contributed by atoms with Gasteiger partial charge in [0.1, 0.15) is 0 Å². The molecule has 0 aliphatic heterocycles. The molecule has 6 aromatic rings. The summed E-state index contributed by atoms with van der Waals surface area (Å²) in [6.45, 7) is 14.1. The fraction of sp³-hybridized carbons (Fsp3) is 0.231. The van der Waals surface area contributed by atoms with Crippen LogP contribution < -0.4 is 0 Å². The Balaban J connectivity index is 1.42. The summed E-state index contributed by atoms with van der Waals surface area (Å²) in [6.07, 6.45) is 9.18. The number of rotatable bonds is 11. The monoisotopic (exact) mass is 865 g/mol. The van der Waals surface area contributed by atoms with E-state index in [0.717, 1.165) is 25.7 Å². The van der Waals surface area contributed by atoms with Gasteiger partial charge < -0.3 is 0 Å². The second-order valence-corrected chi connectivity index (χ2v) is 59.0. The minimum absolute atomic E-state index is 0.0425. The van der Waals surface area contributed by atoms with E-state index in [1.807, 2.05) is 0 Å². The van der Waals surface area contributed by atoms with E-state index in [4.69, 9.17) is 17.0 Å². The van der Waals surface area contributed by atoms with Crippen LogP contribution in [0.3, 0.4) is 0 Å². The van der Waals surface area contributed by atoms with E-state index in [1.54, 1.807) is 0 Å². The van der Waals surface area contributed by atoms with E-state index in [9.17, 15) is 0 Å². The van der Waals surface area contributed by atoms with E-state index in [1.165, 1.54) is 89.0 Å². The molecule has 0 saturated carbocycles. The first-order valence-electron chi connectivity index (χ1n) is 20.6. The molecule has 0 heterocycles. The Labute approximate surface area is 344 Å². The van der Waals surface area contributed by atoms with Gasteiger partial charge in [-0.2, -0.15) is 0 Å². The van der Waals surface area contributed by atoms with Crippen molar-refractivity contribution in [1.82, 2.24) is 0 Å².